The SMILES string of the molecule is CCOc1cc(/C=N\n2c(CC)n[nH]c2=S)ccc1OCc1ccc(C)cc1. The number of benzene rings is 2. The van der Waals surface area contributed by atoms with Crippen molar-refractivity contribution in [3.63, 3.8) is 0 Å². The van der Waals surface area contributed by atoms with E-state index in [9.17, 15) is 0 Å². The predicted molar refractivity (Wildman–Crippen MR) is 113 cm³/mol. The Labute approximate surface area is 169 Å². The molecule has 0 radical (unpaired) electrons. The maximum Gasteiger partial charge on any atom is 0.216 e. The maximum absolute atomic E-state index is 5.97. The Balaban J connectivity index is 1.78. The summed E-state index contributed by atoms with van der Waals surface area (Å²) in [6.07, 6.45) is 2.47. The number of nitrogens with one attached hydrogen (secondary N) is 1. The van der Waals surface area contributed by atoms with Gasteiger partial charge in [0.05, 0.1) is 12.8 Å². The molecule has 0 aliphatic carbocycles. The van der Waals surface area contributed by atoms with Crippen LogP contribution in [0.4, 0.5) is 0 Å². The van der Waals surface area contributed by atoms with Crippen LogP contribution in [0.3, 0.4) is 0 Å². The van der Waals surface area contributed by atoms with Crippen LogP contribution < -0.4 is 9.47 Å². The van der Waals surface area contributed by atoms with E-state index in [0.717, 1.165) is 23.4 Å². The van der Waals surface area contributed by atoms with Crippen molar-refractivity contribution in [3.8, 4) is 11.5 Å². The fourth-order valence-electron chi connectivity index (χ4n) is 2.63. The number of H-pyrrole nitrogens is 1. The highest BCUT2D eigenvalue weighted by Crippen LogP contribution is 2.29. The van der Waals surface area contributed by atoms with Crippen LogP contribution in [-0.4, -0.2) is 27.7 Å². The van der Waals surface area contributed by atoms with E-state index in [2.05, 4.69) is 46.5 Å². The van der Waals surface area contributed by atoms with E-state index in [1.165, 1.54) is 5.56 Å². The average Bonchev–Trinajstić information content (AvgIpc) is 3.06. The second-order valence-corrected chi connectivity index (χ2v) is 6.66. The number of aryl methyl sites for hydroxylation is 2. The van der Waals surface area contributed by atoms with E-state index in [0.29, 0.717) is 29.5 Å². The predicted octanol–water partition coefficient (Wildman–Crippen LogP) is 4.67. The molecule has 0 saturated carbocycles. The largest absolute Gasteiger partial charge is 0.490 e. The van der Waals surface area contributed by atoms with Gasteiger partial charge in [-0.15, -0.1) is 0 Å². The summed E-state index contributed by atoms with van der Waals surface area (Å²) in [6, 6.07) is 14.0. The van der Waals surface area contributed by atoms with E-state index >= 15 is 0 Å². The van der Waals surface area contributed by atoms with Crippen molar-refractivity contribution < 1.29 is 9.47 Å². The average molecular weight is 397 g/mol. The minimum atomic E-state index is 0.469. The molecule has 1 N–H and O–H groups in total. The summed E-state index contributed by atoms with van der Waals surface area (Å²) in [5.41, 5.74) is 3.22. The summed E-state index contributed by atoms with van der Waals surface area (Å²) >= 11 is 5.22. The first-order chi connectivity index (χ1) is 13.6. The van der Waals surface area contributed by atoms with Crippen LogP contribution in [-0.2, 0) is 13.0 Å². The van der Waals surface area contributed by atoms with Crippen molar-refractivity contribution in [1.29, 1.82) is 0 Å². The Bertz CT molecular complexity index is 1010. The number of aromatic amines is 1. The van der Waals surface area contributed by atoms with Gasteiger partial charge in [0.15, 0.2) is 17.3 Å². The second-order valence-electron chi connectivity index (χ2n) is 6.27. The van der Waals surface area contributed by atoms with Crippen molar-refractivity contribution >= 4 is 18.4 Å². The van der Waals surface area contributed by atoms with Gasteiger partial charge in [0.2, 0.25) is 4.77 Å². The maximum atomic E-state index is 5.97. The highest BCUT2D eigenvalue weighted by molar-refractivity contribution is 7.71. The van der Waals surface area contributed by atoms with E-state index < -0.39 is 0 Å². The lowest BCUT2D eigenvalue weighted by atomic mass is 10.2. The van der Waals surface area contributed by atoms with E-state index in [1.807, 2.05) is 32.0 Å². The normalized spacial score (nSPS) is 11.1. The van der Waals surface area contributed by atoms with Crippen molar-refractivity contribution in [2.75, 3.05) is 6.61 Å². The van der Waals surface area contributed by atoms with Gasteiger partial charge in [-0.1, -0.05) is 36.8 Å². The van der Waals surface area contributed by atoms with Gasteiger partial charge >= 0.3 is 0 Å². The Morgan fingerprint density at radius 1 is 1.11 bits per heavy atom. The lowest BCUT2D eigenvalue weighted by Crippen LogP contribution is -2.01. The third-order valence-corrected chi connectivity index (χ3v) is 4.40. The number of hydrogen-bond acceptors (Lipinski definition) is 5. The molecule has 6 nitrogen and oxygen atoms in total. The zero-order chi connectivity index (χ0) is 19.9. The lowest BCUT2D eigenvalue weighted by Gasteiger charge is -2.13. The van der Waals surface area contributed by atoms with Crippen molar-refractivity contribution in [3.05, 3.63) is 69.8 Å². The molecule has 0 saturated heterocycles. The lowest BCUT2D eigenvalue weighted by molar-refractivity contribution is 0.269. The van der Waals surface area contributed by atoms with Gasteiger partial charge in [0, 0.05) is 6.42 Å². The molecule has 0 unspecified atom stereocenters. The molecule has 0 amide bonds. The molecule has 0 aliphatic rings. The van der Waals surface area contributed by atoms with Crippen LogP contribution in [0.1, 0.15) is 36.4 Å². The van der Waals surface area contributed by atoms with E-state index in [-0.39, 0.29) is 0 Å². The minimum absolute atomic E-state index is 0.469. The summed E-state index contributed by atoms with van der Waals surface area (Å²) in [6.45, 7) is 7.05. The van der Waals surface area contributed by atoms with Crippen molar-refractivity contribution in [1.82, 2.24) is 14.9 Å². The highest BCUT2D eigenvalue weighted by atomic mass is 32.1. The molecule has 0 atom stereocenters. The van der Waals surface area contributed by atoms with Gasteiger partial charge in [-0.3, -0.25) is 5.10 Å². The molecule has 0 spiro atoms. The molecule has 0 aliphatic heterocycles. The van der Waals surface area contributed by atoms with E-state index in [4.69, 9.17) is 21.7 Å². The van der Waals surface area contributed by atoms with Crippen LogP contribution in [0.5, 0.6) is 11.5 Å². The summed E-state index contributed by atoms with van der Waals surface area (Å²) in [7, 11) is 0. The molecule has 28 heavy (non-hydrogen) atoms. The Morgan fingerprint density at radius 2 is 1.89 bits per heavy atom. The monoisotopic (exact) mass is 396 g/mol. The van der Waals surface area contributed by atoms with Gasteiger partial charge < -0.3 is 9.47 Å². The summed E-state index contributed by atoms with van der Waals surface area (Å²) in [4.78, 5) is 0. The minimum Gasteiger partial charge on any atom is -0.490 e. The summed E-state index contributed by atoms with van der Waals surface area (Å²) < 4.78 is 13.8. The summed E-state index contributed by atoms with van der Waals surface area (Å²) in [5, 5.41) is 11.3. The third kappa shape index (κ3) is 4.86. The first-order valence-corrected chi connectivity index (χ1v) is 9.67. The molecule has 2 aromatic carbocycles. The molecule has 0 fully saturated rings. The van der Waals surface area contributed by atoms with Crippen LogP contribution >= 0.6 is 12.2 Å². The van der Waals surface area contributed by atoms with Gasteiger partial charge in [-0.25, -0.2) is 0 Å². The number of aromatic nitrogens is 3. The van der Waals surface area contributed by atoms with Crippen molar-refractivity contribution in [2.45, 2.75) is 33.8 Å². The fraction of sp³-hybridized carbons (Fsp3) is 0.286. The van der Waals surface area contributed by atoms with Crippen LogP contribution in [0.25, 0.3) is 0 Å². The van der Waals surface area contributed by atoms with Gasteiger partial charge in [-0.05, 0) is 55.4 Å². The summed E-state index contributed by atoms with van der Waals surface area (Å²) in [5.74, 6) is 2.17. The first-order valence-electron chi connectivity index (χ1n) is 9.26. The highest BCUT2D eigenvalue weighted by Gasteiger charge is 2.07. The molecule has 7 heteroatoms. The Kier molecular flexibility index (Phi) is 6.60. The fourth-order valence-corrected chi connectivity index (χ4v) is 2.83. The molecule has 1 aromatic heterocycles. The third-order valence-electron chi connectivity index (χ3n) is 4.14. The zero-order valence-electron chi connectivity index (χ0n) is 16.3. The van der Waals surface area contributed by atoms with Crippen LogP contribution in [0, 0.1) is 11.7 Å². The quantitative estimate of drug-likeness (QED) is 0.444. The number of hydrogen-bond donors (Lipinski definition) is 1. The molecular weight excluding hydrogens is 372 g/mol. The molecule has 0 bridgehead atoms. The second kappa shape index (κ2) is 9.32. The number of ether oxygens (including phenoxy) is 2. The smallest absolute Gasteiger partial charge is 0.216 e. The zero-order valence-corrected chi connectivity index (χ0v) is 17.1. The van der Waals surface area contributed by atoms with Crippen LogP contribution in [0.15, 0.2) is 47.6 Å². The van der Waals surface area contributed by atoms with Gasteiger partial charge in [-0.2, -0.15) is 14.9 Å². The standard InChI is InChI=1S/C21H24N4O2S/c1-4-20-23-24-21(28)25(20)22-13-17-10-11-18(19(12-17)26-5-2)27-14-16-8-6-15(3)7-9-16/h6-13H,4-5,14H2,1-3H3,(H,24,28)/b22-13-. The first kappa shape index (κ1) is 19.8. The molecule has 146 valence electrons. The molecular formula is C21H24N4O2S. The number of nitrogens with zero attached hydrogens (tertiary/aromatic N) is 3. The Morgan fingerprint density at radius 3 is 2.61 bits per heavy atom. The van der Waals surface area contributed by atoms with Crippen molar-refractivity contribution in [2.24, 2.45) is 5.10 Å². The topological polar surface area (TPSA) is 64.4 Å². The molecule has 1 heterocycles. The van der Waals surface area contributed by atoms with E-state index in [1.54, 1.807) is 10.9 Å². The molecule has 3 aromatic rings. The Hall–Kier alpha value is -2.93. The van der Waals surface area contributed by atoms with Gasteiger partial charge in [0.1, 0.15) is 6.61 Å². The van der Waals surface area contributed by atoms with Gasteiger partial charge in [0.25, 0.3) is 0 Å². The number of rotatable bonds is 8. The van der Waals surface area contributed by atoms with Crippen LogP contribution in [0.2, 0.25) is 0 Å². The molecule has 3 rings (SSSR count).